The van der Waals surface area contributed by atoms with Gasteiger partial charge in [-0.1, -0.05) is 13.0 Å². The molecule has 1 N–H and O–H groups in total. The van der Waals surface area contributed by atoms with Gasteiger partial charge in [0.15, 0.2) is 0 Å². The number of aliphatic carboxylic acids is 1. The van der Waals surface area contributed by atoms with Crippen LogP contribution in [0.25, 0.3) is 0 Å². The van der Waals surface area contributed by atoms with E-state index in [0.29, 0.717) is 25.8 Å². The molecular weight excluding hydrogens is 341 g/mol. The average molecular weight is 358 g/mol. The Balaban J connectivity index is 2.27. The molecule has 114 valence electrons. The van der Waals surface area contributed by atoms with Gasteiger partial charge in [0.2, 0.25) is 0 Å². The van der Waals surface area contributed by atoms with Crippen LogP contribution in [-0.2, 0) is 4.79 Å². The van der Waals surface area contributed by atoms with Crippen molar-refractivity contribution >= 4 is 27.8 Å². The van der Waals surface area contributed by atoms with Crippen LogP contribution < -0.4 is 0 Å². The van der Waals surface area contributed by atoms with Gasteiger partial charge in [-0.15, -0.1) is 0 Å². The molecule has 0 aliphatic carbocycles. The molecule has 21 heavy (non-hydrogen) atoms. The van der Waals surface area contributed by atoms with E-state index < -0.39 is 23.1 Å². The zero-order valence-corrected chi connectivity index (χ0v) is 13.3. The van der Waals surface area contributed by atoms with Crippen LogP contribution in [0, 0.1) is 11.2 Å². The molecule has 1 fully saturated rings. The van der Waals surface area contributed by atoms with Crippen molar-refractivity contribution in [1.29, 1.82) is 0 Å². The van der Waals surface area contributed by atoms with E-state index in [0.717, 1.165) is 0 Å². The van der Waals surface area contributed by atoms with Gasteiger partial charge in [0.25, 0.3) is 5.91 Å². The first-order valence-electron chi connectivity index (χ1n) is 6.88. The van der Waals surface area contributed by atoms with E-state index in [1.54, 1.807) is 6.07 Å². The Kier molecular flexibility index (Phi) is 4.66. The molecular formula is C15H17BrFNO3. The van der Waals surface area contributed by atoms with E-state index >= 15 is 0 Å². The summed E-state index contributed by atoms with van der Waals surface area (Å²) in [5.74, 6) is -1.95. The second kappa shape index (κ2) is 6.13. The van der Waals surface area contributed by atoms with Crippen LogP contribution in [0.2, 0.25) is 0 Å². The van der Waals surface area contributed by atoms with Crippen LogP contribution in [0.1, 0.15) is 36.5 Å². The van der Waals surface area contributed by atoms with E-state index in [-0.39, 0.29) is 16.6 Å². The largest absolute Gasteiger partial charge is 0.481 e. The molecule has 1 aromatic carbocycles. The molecule has 1 saturated heterocycles. The van der Waals surface area contributed by atoms with Gasteiger partial charge in [0.05, 0.1) is 15.5 Å². The predicted molar refractivity (Wildman–Crippen MR) is 79.6 cm³/mol. The third-order valence-corrected chi connectivity index (χ3v) is 4.79. The summed E-state index contributed by atoms with van der Waals surface area (Å²) in [6, 6.07) is 4.54. The molecule has 0 saturated carbocycles. The third kappa shape index (κ3) is 2.95. The van der Waals surface area contributed by atoms with Gasteiger partial charge < -0.3 is 10.0 Å². The molecule has 0 aromatic heterocycles. The van der Waals surface area contributed by atoms with Crippen molar-refractivity contribution in [2.24, 2.45) is 5.41 Å². The number of hydrogen-bond acceptors (Lipinski definition) is 2. The van der Waals surface area contributed by atoms with Crippen LogP contribution in [-0.4, -0.2) is 35.0 Å². The summed E-state index contributed by atoms with van der Waals surface area (Å²) >= 11 is 3.06. The lowest BCUT2D eigenvalue weighted by Gasteiger charge is -2.39. The highest BCUT2D eigenvalue weighted by atomic mass is 79.9. The van der Waals surface area contributed by atoms with Crippen molar-refractivity contribution in [1.82, 2.24) is 4.90 Å². The first-order valence-corrected chi connectivity index (χ1v) is 7.67. The number of carboxylic acid groups (broad SMARTS) is 1. The second-order valence-electron chi connectivity index (χ2n) is 5.37. The molecule has 1 aliphatic heterocycles. The number of halogens is 2. The minimum absolute atomic E-state index is 0.0262. The smallest absolute Gasteiger partial charge is 0.311 e. The molecule has 6 heteroatoms. The number of carboxylic acids is 1. The number of rotatable bonds is 3. The van der Waals surface area contributed by atoms with E-state index in [1.165, 1.54) is 17.0 Å². The van der Waals surface area contributed by atoms with Gasteiger partial charge in [-0.25, -0.2) is 4.39 Å². The zero-order valence-electron chi connectivity index (χ0n) is 11.7. The minimum atomic E-state index is -0.920. The fourth-order valence-electron chi connectivity index (χ4n) is 2.76. The van der Waals surface area contributed by atoms with Crippen LogP contribution in [0.3, 0.4) is 0 Å². The molecule has 1 aliphatic rings. The number of benzene rings is 1. The fraction of sp³-hybridized carbons (Fsp3) is 0.467. The number of piperidine rings is 1. The van der Waals surface area contributed by atoms with Gasteiger partial charge >= 0.3 is 5.97 Å². The minimum Gasteiger partial charge on any atom is -0.481 e. The Bertz CT molecular complexity index is 578. The molecule has 0 bridgehead atoms. The summed E-state index contributed by atoms with van der Waals surface area (Å²) in [4.78, 5) is 25.4. The Hall–Kier alpha value is -1.43. The van der Waals surface area contributed by atoms with E-state index in [1.807, 2.05) is 6.92 Å². The summed E-state index contributed by atoms with van der Waals surface area (Å²) in [5.41, 5.74) is -0.946. The summed E-state index contributed by atoms with van der Waals surface area (Å²) < 4.78 is 14.3. The van der Waals surface area contributed by atoms with Crippen molar-refractivity contribution < 1.29 is 19.1 Å². The van der Waals surface area contributed by atoms with Crippen molar-refractivity contribution in [2.75, 3.05) is 13.1 Å². The molecule has 1 amide bonds. The first kappa shape index (κ1) is 15.9. The SMILES string of the molecule is CCC1(C(=O)O)CCCN(C(=O)c2cccc(Br)c2F)C1. The maximum absolute atomic E-state index is 14.0. The summed E-state index contributed by atoms with van der Waals surface area (Å²) in [6.45, 7) is 2.39. The lowest BCUT2D eigenvalue weighted by molar-refractivity contribution is -0.152. The highest BCUT2D eigenvalue weighted by Crippen LogP contribution is 2.34. The maximum atomic E-state index is 14.0. The fourth-order valence-corrected chi connectivity index (χ4v) is 3.12. The van der Waals surface area contributed by atoms with Crippen molar-refractivity contribution in [3.63, 3.8) is 0 Å². The Morgan fingerprint density at radius 1 is 1.48 bits per heavy atom. The number of amides is 1. The van der Waals surface area contributed by atoms with Gasteiger partial charge in [0, 0.05) is 13.1 Å². The van der Waals surface area contributed by atoms with Crippen LogP contribution >= 0.6 is 15.9 Å². The Morgan fingerprint density at radius 2 is 2.19 bits per heavy atom. The molecule has 1 aromatic rings. The molecule has 4 nitrogen and oxygen atoms in total. The lowest BCUT2D eigenvalue weighted by Crippen LogP contribution is -2.49. The highest BCUT2D eigenvalue weighted by molar-refractivity contribution is 9.10. The third-order valence-electron chi connectivity index (χ3n) is 4.18. The van der Waals surface area contributed by atoms with E-state index in [9.17, 15) is 19.1 Å². The number of likely N-dealkylation sites (tertiary alicyclic amines) is 1. The number of nitrogens with zero attached hydrogens (tertiary/aromatic N) is 1. The molecule has 0 spiro atoms. The Morgan fingerprint density at radius 3 is 2.81 bits per heavy atom. The van der Waals surface area contributed by atoms with E-state index in [2.05, 4.69) is 15.9 Å². The molecule has 0 radical (unpaired) electrons. The number of carbonyl (C=O) groups is 2. The highest BCUT2D eigenvalue weighted by Gasteiger charge is 2.42. The lowest BCUT2D eigenvalue weighted by atomic mass is 9.77. The molecule has 1 unspecified atom stereocenters. The Labute approximate surface area is 131 Å². The zero-order chi connectivity index (χ0) is 15.6. The number of carbonyl (C=O) groups excluding carboxylic acids is 1. The average Bonchev–Trinajstić information content (AvgIpc) is 2.49. The molecule has 1 atom stereocenters. The summed E-state index contributed by atoms with van der Waals surface area (Å²) in [7, 11) is 0. The van der Waals surface area contributed by atoms with Crippen LogP contribution in [0.4, 0.5) is 4.39 Å². The van der Waals surface area contributed by atoms with Gasteiger partial charge in [-0.2, -0.15) is 0 Å². The van der Waals surface area contributed by atoms with Crippen LogP contribution in [0.15, 0.2) is 22.7 Å². The predicted octanol–water partition coefficient (Wildman–Crippen LogP) is 3.31. The molecule has 1 heterocycles. The monoisotopic (exact) mass is 357 g/mol. The maximum Gasteiger partial charge on any atom is 0.311 e. The summed E-state index contributed by atoms with van der Waals surface area (Å²) in [6.07, 6.45) is 1.61. The number of hydrogen-bond donors (Lipinski definition) is 1. The standard InChI is InChI=1S/C15H17BrFNO3/c1-2-15(14(20)21)7-4-8-18(9-15)13(19)10-5-3-6-11(16)12(10)17/h3,5-6H,2,4,7-9H2,1H3,(H,20,21). The van der Waals surface area contributed by atoms with Gasteiger partial charge in [-0.3, -0.25) is 9.59 Å². The van der Waals surface area contributed by atoms with E-state index in [4.69, 9.17) is 0 Å². The first-order chi connectivity index (χ1) is 9.91. The van der Waals surface area contributed by atoms with Crippen molar-refractivity contribution in [3.8, 4) is 0 Å². The topological polar surface area (TPSA) is 57.6 Å². The van der Waals surface area contributed by atoms with Gasteiger partial charge in [0.1, 0.15) is 5.82 Å². The molecule has 2 rings (SSSR count). The normalized spacial score (nSPS) is 22.1. The van der Waals surface area contributed by atoms with Crippen molar-refractivity contribution in [2.45, 2.75) is 26.2 Å². The summed E-state index contributed by atoms with van der Waals surface area (Å²) in [5, 5.41) is 9.44. The van der Waals surface area contributed by atoms with Crippen LogP contribution in [0.5, 0.6) is 0 Å². The quantitative estimate of drug-likeness (QED) is 0.902. The van der Waals surface area contributed by atoms with Crippen molar-refractivity contribution in [3.05, 3.63) is 34.1 Å². The van der Waals surface area contributed by atoms with Gasteiger partial charge in [-0.05, 0) is 47.3 Å². The second-order valence-corrected chi connectivity index (χ2v) is 6.23.